The number of hydrogen-bond acceptors (Lipinski definition) is 5. The number of rotatable bonds is 6. The number of benzene rings is 1. The second kappa shape index (κ2) is 7.84. The van der Waals surface area contributed by atoms with Gasteiger partial charge < -0.3 is 4.74 Å². The van der Waals surface area contributed by atoms with E-state index in [4.69, 9.17) is 0 Å². The highest BCUT2D eigenvalue weighted by Gasteiger charge is 2.06. The van der Waals surface area contributed by atoms with Gasteiger partial charge in [-0.25, -0.2) is 9.59 Å². The maximum Gasteiger partial charge on any atom is 0.373 e. The summed E-state index contributed by atoms with van der Waals surface area (Å²) in [6.07, 6.45) is 2.53. The fourth-order valence-electron chi connectivity index (χ4n) is 0.999. The maximum absolute atomic E-state index is 11.4. The molecule has 0 spiro atoms. The van der Waals surface area contributed by atoms with Crippen LogP contribution in [0.4, 0.5) is 0 Å². The number of ether oxygens (including phenoxy) is 1. The molecule has 0 aliphatic rings. The minimum absolute atomic E-state index is 0.0257. The highest BCUT2D eigenvalue weighted by Crippen LogP contribution is 2.01. The Morgan fingerprint density at radius 1 is 1.26 bits per heavy atom. The van der Waals surface area contributed by atoms with Gasteiger partial charge in [-0.15, -0.1) is 0 Å². The van der Waals surface area contributed by atoms with Crippen LogP contribution in [0, 0.1) is 0 Å². The van der Waals surface area contributed by atoms with Crippen LogP contribution in [0.3, 0.4) is 0 Å². The van der Waals surface area contributed by atoms with Crippen molar-refractivity contribution in [1.29, 1.82) is 0 Å². The number of carbonyl (C=O) groups is 2. The summed E-state index contributed by atoms with van der Waals surface area (Å²) >= 11 is 0. The molecule has 0 N–H and O–H groups in total. The fraction of sp³-hybridized carbons (Fsp3) is 0.143. The van der Waals surface area contributed by atoms with E-state index in [2.05, 4.69) is 21.1 Å². The summed E-state index contributed by atoms with van der Waals surface area (Å²) in [4.78, 5) is 31.6. The number of carbonyl (C=O) groups excluding carboxylic acids is 2. The summed E-state index contributed by atoms with van der Waals surface area (Å²) in [5.41, 5.74) is 0.682. The van der Waals surface area contributed by atoms with Gasteiger partial charge >= 0.3 is 11.9 Å². The second-order valence-corrected chi connectivity index (χ2v) is 3.58. The quantitative estimate of drug-likeness (QED) is 0.197. The van der Waals surface area contributed by atoms with Gasteiger partial charge in [0.15, 0.2) is 0 Å². The zero-order valence-electron chi connectivity index (χ0n) is 10.5. The van der Waals surface area contributed by atoms with Crippen molar-refractivity contribution in [2.24, 2.45) is 0 Å². The minimum atomic E-state index is -0.590. The summed E-state index contributed by atoms with van der Waals surface area (Å²) in [6.45, 7) is 4.93. The molecule has 0 aromatic heterocycles. The van der Waals surface area contributed by atoms with E-state index >= 15 is 0 Å². The molecule has 1 aromatic carbocycles. The molecule has 5 heteroatoms. The van der Waals surface area contributed by atoms with E-state index in [-0.39, 0.29) is 6.61 Å². The third-order valence-corrected chi connectivity index (χ3v) is 1.93. The minimum Gasteiger partial charge on any atom is -0.431 e. The smallest absolute Gasteiger partial charge is 0.373 e. The molecule has 0 bridgehead atoms. The van der Waals surface area contributed by atoms with Crippen LogP contribution in [0.5, 0.6) is 0 Å². The first kappa shape index (κ1) is 14.7. The predicted octanol–water partition coefficient (Wildman–Crippen LogP) is 2.41. The molecular weight excluding hydrogens is 248 g/mol. The molecule has 0 radical (unpaired) electrons. The van der Waals surface area contributed by atoms with E-state index < -0.39 is 11.9 Å². The Morgan fingerprint density at radius 3 is 2.58 bits per heavy atom. The van der Waals surface area contributed by atoms with Crippen LogP contribution in [-0.4, -0.2) is 18.5 Å². The molecule has 19 heavy (non-hydrogen) atoms. The van der Waals surface area contributed by atoms with Crippen molar-refractivity contribution in [1.82, 2.24) is 0 Å². The van der Waals surface area contributed by atoms with Gasteiger partial charge in [-0.2, -0.15) is 4.89 Å². The molecule has 0 unspecified atom stereocenters. The summed E-state index contributed by atoms with van der Waals surface area (Å²) < 4.78 is 4.66. The van der Waals surface area contributed by atoms with Gasteiger partial charge in [0.2, 0.25) is 0 Å². The number of hydrogen-bond donors (Lipinski definition) is 0. The van der Waals surface area contributed by atoms with E-state index in [9.17, 15) is 9.59 Å². The highest BCUT2D eigenvalue weighted by molar-refractivity contribution is 5.88. The topological polar surface area (TPSA) is 61.8 Å². The van der Waals surface area contributed by atoms with Crippen LogP contribution in [0.2, 0.25) is 0 Å². The molecule has 0 saturated heterocycles. The first-order valence-corrected chi connectivity index (χ1v) is 5.51. The van der Waals surface area contributed by atoms with E-state index in [1.165, 1.54) is 13.0 Å². The van der Waals surface area contributed by atoms with Gasteiger partial charge in [0.05, 0.1) is 11.8 Å². The van der Waals surface area contributed by atoms with Gasteiger partial charge in [0, 0.05) is 5.57 Å². The first-order valence-electron chi connectivity index (χ1n) is 5.51. The van der Waals surface area contributed by atoms with Crippen molar-refractivity contribution in [3.05, 3.63) is 60.4 Å². The van der Waals surface area contributed by atoms with E-state index in [1.54, 1.807) is 30.3 Å². The molecular formula is C14H14O5. The summed E-state index contributed by atoms with van der Waals surface area (Å²) in [5, 5.41) is 0. The average molecular weight is 262 g/mol. The SMILES string of the molecule is C=C(C)C(=O)OC=CCOOC(=O)c1ccccc1. The normalized spacial score (nSPS) is 10.2. The van der Waals surface area contributed by atoms with Crippen LogP contribution in [0.1, 0.15) is 17.3 Å². The maximum atomic E-state index is 11.4. The molecule has 0 fully saturated rings. The highest BCUT2D eigenvalue weighted by atomic mass is 17.2. The van der Waals surface area contributed by atoms with Crippen molar-refractivity contribution in [3.8, 4) is 0 Å². The van der Waals surface area contributed by atoms with E-state index in [1.807, 2.05) is 0 Å². The van der Waals surface area contributed by atoms with Crippen LogP contribution in [0.25, 0.3) is 0 Å². The van der Waals surface area contributed by atoms with Gasteiger partial charge in [-0.05, 0) is 25.1 Å². The molecule has 0 saturated carbocycles. The Morgan fingerprint density at radius 2 is 1.95 bits per heavy atom. The average Bonchev–Trinajstić information content (AvgIpc) is 2.42. The van der Waals surface area contributed by atoms with E-state index in [0.29, 0.717) is 11.1 Å². The Labute approximate surface area is 111 Å². The summed E-state index contributed by atoms with van der Waals surface area (Å²) in [7, 11) is 0. The number of esters is 1. The summed E-state index contributed by atoms with van der Waals surface area (Å²) in [6, 6.07) is 8.43. The Bertz CT molecular complexity index is 476. The molecule has 100 valence electrons. The third kappa shape index (κ3) is 5.65. The standard InChI is InChI=1S/C14H14O5/c1-11(2)13(15)17-9-6-10-18-19-14(16)12-7-4-3-5-8-12/h3-9H,1,10H2,2H3. The molecule has 5 nitrogen and oxygen atoms in total. The lowest BCUT2D eigenvalue weighted by Crippen LogP contribution is -2.06. The lowest BCUT2D eigenvalue weighted by molar-refractivity contribution is -0.231. The van der Waals surface area contributed by atoms with Gasteiger partial charge in [-0.3, -0.25) is 4.89 Å². The molecule has 0 aliphatic carbocycles. The lowest BCUT2D eigenvalue weighted by Gasteiger charge is -2.01. The van der Waals surface area contributed by atoms with E-state index in [0.717, 1.165) is 6.26 Å². The zero-order valence-corrected chi connectivity index (χ0v) is 10.5. The summed E-state index contributed by atoms with van der Waals surface area (Å²) in [5.74, 6) is -1.12. The van der Waals surface area contributed by atoms with Gasteiger partial charge in [-0.1, -0.05) is 24.8 Å². The molecule has 1 aromatic rings. The van der Waals surface area contributed by atoms with Crippen LogP contribution in [-0.2, 0) is 19.3 Å². The van der Waals surface area contributed by atoms with Crippen molar-refractivity contribution in [3.63, 3.8) is 0 Å². The molecule has 0 amide bonds. The molecule has 1 rings (SSSR count). The predicted molar refractivity (Wildman–Crippen MR) is 67.9 cm³/mol. The lowest BCUT2D eigenvalue weighted by atomic mass is 10.2. The molecule has 0 heterocycles. The Kier molecular flexibility index (Phi) is 6.05. The van der Waals surface area contributed by atoms with Crippen LogP contribution >= 0.6 is 0 Å². The largest absolute Gasteiger partial charge is 0.431 e. The monoisotopic (exact) mass is 262 g/mol. The Hall–Kier alpha value is -2.40. The van der Waals surface area contributed by atoms with Gasteiger partial charge in [0.1, 0.15) is 6.61 Å². The third-order valence-electron chi connectivity index (χ3n) is 1.93. The zero-order chi connectivity index (χ0) is 14.1. The van der Waals surface area contributed by atoms with Crippen molar-refractivity contribution in [2.75, 3.05) is 6.61 Å². The van der Waals surface area contributed by atoms with Crippen LogP contribution in [0.15, 0.2) is 54.8 Å². The van der Waals surface area contributed by atoms with Gasteiger partial charge in [0.25, 0.3) is 0 Å². The first-order chi connectivity index (χ1) is 9.11. The molecule has 0 atom stereocenters. The van der Waals surface area contributed by atoms with Crippen LogP contribution < -0.4 is 0 Å². The second-order valence-electron chi connectivity index (χ2n) is 3.58. The van der Waals surface area contributed by atoms with Crippen molar-refractivity contribution in [2.45, 2.75) is 6.92 Å². The van der Waals surface area contributed by atoms with Crippen molar-refractivity contribution >= 4 is 11.9 Å². The van der Waals surface area contributed by atoms with Crippen molar-refractivity contribution < 1.29 is 24.1 Å². The Balaban J connectivity index is 2.21. The fourth-order valence-corrected chi connectivity index (χ4v) is 0.999. The molecule has 0 aliphatic heterocycles.